The van der Waals surface area contributed by atoms with Crippen molar-refractivity contribution in [2.24, 2.45) is 0 Å². The van der Waals surface area contributed by atoms with E-state index in [1.165, 1.54) is 45.3 Å². The predicted molar refractivity (Wildman–Crippen MR) is 62.6 cm³/mol. The molecule has 2 saturated heterocycles. The molecule has 0 radical (unpaired) electrons. The van der Waals surface area contributed by atoms with Crippen molar-refractivity contribution in [1.29, 1.82) is 0 Å². The highest BCUT2D eigenvalue weighted by molar-refractivity contribution is 4.89. The van der Waals surface area contributed by atoms with E-state index < -0.39 is 0 Å². The number of nitrogens with one attached hydrogen (secondary N) is 1. The van der Waals surface area contributed by atoms with Gasteiger partial charge >= 0.3 is 0 Å². The van der Waals surface area contributed by atoms with Gasteiger partial charge in [-0.25, -0.2) is 0 Å². The monoisotopic (exact) mass is 198 g/mol. The Labute approximate surface area is 89.1 Å². The molecular formula is C12H26N2. The number of rotatable bonds is 2. The van der Waals surface area contributed by atoms with Crippen LogP contribution in [0.4, 0.5) is 0 Å². The molecule has 2 heteroatoms. The average Bonchev–Trinajstić information content (AvgIpc) is 2.54. The van der Waals surface area contributed by atoms with Gasteiger partial charge in [0.15, 0.2) is 0 Å². The molecule has 0 aromatic carbocycles. The molecule has 14 heavy (non-hydrogen) atoms. The highest BCUT2D eigenvalue weighted by Gasteiger charge is 2.28. The molecule has 0 aliphatic carbocycles. The van der Waals surface area contributed by atoms with Crippen LogP contribution in [0.3, 0.4) is 0 Å². The van der Waals surface area contributed by atoms with Gasteiger partial charge in [-0.15, -0.1) is 0 Å². The Morgan fingerprint density at radius 1 is 1.14 bits per heavy atom. The van der Waals surface area contributed by atoms with Gasteiger partial charge in [0.25, 0.3) is 0 Å². The summed E-state index contributed by atoms with van der Waals surface area (Å²) in [6.45, 7) is 10.2. The van der Waals surface area contributed by atoms with Crippen LogP contribution in [-0.4, -0.2) is 36.6 Å². The Bertz CT molecular complexity index is 147. The first kappa shape index (κ1) is 12.0. The van der Waals surface area contributed by atoms with E-state index in [0.29, 0.717) is 0 Å². The van der Waals surface area contributed by atoms with Gasteiger partial charge in [0, 0.05) is 18.6 Å². The van der Waals surface area contributed by atoms with Gasteiger partial charge in [-0.3, -0.25) is 0 Å². The predicted octanol–water partition coefficient (Wildman–Crippen LogP) is 2.25. The van der Waals surface area contributed by atoms with Crippen LogP contribution >= 0.6 is 0 Å². The molecule has 2 atom stereocenters. The normalized spacial score (nSPS) is 31.9. The molecule has 2 rings (SSSR count). The van der Waals surface area contributed by atoms with Crippen molar-refractivity contribution in [1.82, 2.24) is 10.2 Å². The van der Waals surface area contributed by atoms with E-state index in [2.05, 4.69) is 17.1 Å². The molecule has 0 aromatic heterocycles. The summed E-state index contributed by atoms with van der Waals surface area (Å²) in [5.74, 6) is 0. The van der Waals surface area contributed by atoms with Crippen molar-refractivity contribution in [2.75, 3.05) is 19.6 Å². The molecule has 0 spiro atoms. The maximum Gasteiger partial charge on any atom is 0.0198 e. The van der Waals surface area contributed by atoms with Crippen LogP contribution in [0.5, 0.6) is 0 Å². The van der Waals surface area contributed by atoms with Gasteiger partial charge in [-0.05, 0) is 38.8 Å². The molecule has 2 aliphatic heterocycles. The molecule has 1 N–H and O–H groups in total. The Morgan fingerprint density at radius 2 is 1.86 bits per heavy atom. The first-order chi connectivity index (χ1) is 6.88. The topological polar surface area (TPSA) is 15.3 Å². The van der Waals surface area contributed by atoms with Crippen LogP contribution in [0.25, 0.3) is 0 Å². The smallest absolute Gasteiger partial charge is 0.0198 e. The third kappa shape index (κ3) is 3.25. The van der Waals surface area contributed by atoms with Gasteiger partial charge in [0.2, 0.25) is 0 Å². The van der Waals surface area contributed by atoms with E-state index >= 15 is 0 Å². The van der Waals surface area contributed by atoms with E-state index in [0.717, 1.165) is 12.1 Å². The zero-order valence-corrected chi connectivity index (χ0v) is 10.1. The molecule has 84 valence electrons. The SMILES string of the molecule is CC.CCCN1CCC2CCC(C1)N2. The average molecular weight is 198 g/mol. The zero-order chi connectivity index (χ0) is 10.4. The minimum absolute atomic E-state index is 0.809. The molecule has 0 amide bonds. The van der Waals surface area contributed by atoms with E-state index in [-0.39, 0.29) is 0 Å². The highest BCUT2D eigenvalue weighted by Crippen LogP contribution is 2.20. The molecule has 2 unspecified atom stereocenters. The van der Waals surface area contributed by atoms with Crippen molar-refractivity contribution in [3.05, 3.63) is 0 Å². The van der Waals surface area contributed by atoms with Crippen LogP contribution in [0.2, 0.25) is 0 Å². The number of fused-ring (bicyclic) bond motifs is 2. The van der Waals surface area contributed by atoms with Crippen LogP contribution in [0, 0.1) is 0 Å². The first-order valence-corrected chi connectivity index (χ1v) is 6.37. The van der Waals surface area contributed by atoms with Crippen molar-refractivity contribution < 1.29 is 0 Å². The number of likely N-dealkylation sites (tertiary alicyclic amines) is 1. The van der Waals surface area contributed by atoms with Crippen molar-refractivity contribution in [3.63, 3.8) is 0 Å². The fourth-order valence-corrected chi connectivity index (χ4v) is 2.53. The summed E-state index contributed by atoms with van der Waals surface area (Å²) >= 11 is 0. The zero-order valence-electron chi connectivity index (χ0n) is 10.1. The molecule has 2 heterocycles. The van der Waals surface area contributed by atoms with Crippen LogP contribution in [0.1, 0.15) is 46.5 Å². The second-order valence-corrected chi connectivity index (χ2v) is 4.23. The summed E-state index contributed by atoms with van der Waals surface area (Å²) in [6.07, 6.45) is 5.50. The number of nitrogens with zero attached hydrogens (tertiary/aromatic N) is 1. The lowest BCUT2D eigenvalue weighted by Gasteiger charge is -2.22. The van der Waals surface area contributed by atoms with Crippen molar-refractivity contribution in [2.45, 2.75) is 58.5 Å². The van der Waals surface area contributed by atoms with Crippen LogP contribution in [-0.2, 0) is 0 Å². The second kappa shape index (κ2) is 6.41. The first-order valence-electron chi connectivity index (χ1n) is 6.37. The highest BCUT2D eigenvalue weighted by atomic mass is 15.2. The lowest BCUT2D eigenvalue weighted by Crippen LogP contribution is -2.35. The molecule has 2 fully saturated rings. The van der Waals surface area contributed by atoms with E-state index in [1.54, 1.807) is 0 Å². The Morgan fingerprint density at radius 3 is 2.57 bits per heavy atom. The quantitative estimate of drug-likeness (QED) is 0.732. The van der Waals surface area contributed by atoms with Gasteiger partial charge in [0.1, 0.15) is 0 Å². The third-order valence-electron chi connectivity index (χ3n) is 3.15. The molecule has 2 aliphatic rings. The van der Waals surface area contributed by atoms with Crippen molar-refractivity contribution in [3.8, 4) is 0 Å². The number of hydrogen-bond donors (Lipinski definition) is 1. The summed E-state index contributed by atoms with van der Waals surface area (Å²) in [7, 11) is 0. The largest absolute Gasteiger partial charge is 0.310 e. The standard InChI is InChI=1S/C10H20N2.C2H6/c1-2-6-12-7-5-9-3-4-10(8-12)11-9;1-2/h9-11H,2-8H2,1H3;1-2H3. The van der Waals surface area contributed by atoms with Gasteiger partial charge in [0.05, 0.1) is 0 Å². The second-order valence-electron chi connectivity index (χ2n) is 4.23. The number of hydrogen-bond acceptors (Lipinski definition) is 2. The lowest BCUT2D eigenvalue weighted by molar-refractivity contribution is 0.259. The molecule has 2 bridgehead atoms. The maximum absolute atomic E-state index is 3.70. The van der Waals surface area contributed by atoms with Crippen LogP contribution in [0.15, 0.2) is 0 Å². The van der Waals surface area contributed by atoms with Crippen LogP contribution < -0.4 is 5.32 Å². The third-order valence-corrected chi connectivity index (χ3v) is 3.15. The van der Waals surface area contributed by atoms with E-state index in [4.69, 9.17) is 0 Å². The van der Waals surface area contributed by atoms with Gasteiger partial charge < -0.3 is 10.2 Å². The van der Waals surface area contributed by atoms with E-state index in [9.17, 15) is 0 Å². The summed E-state index contributed by atoms with van der Waals surface area (Å²) in [5, 5.41) is 3.70. The fourth-order valence-electron chi connectivity index (χ4n) is 2.53. The maximum atomic E-state index is 3.70. The molecule has 2 nitrogen and oxygen atoms in total. The molecule has 0 saturated carbocycles. The summed E-state index contributed by atoms with van der Waals surface area (Å²) < 4.78 is 0. The van der Waals surface area contributed by atoms with Gasteiger partial charge in [-0.1, -0.05) is 20.8 Å². The Kier molecular flexibility index (Phi) is 5.49. The van der Waals surface area contributed by atoms with E-state index in [1.807, 2.05) is 13.8 Å². The summed E-state index contributed by atoms with van der Waals surface area (Å²) in [6, 6.07) is 1.65. The Hall–Kier alpha value is -0.0800. The van der Waals surface area contributed by atoms with Gasteiger partial charge in [-0.2, -0.15) is 0 Å². The summed E-state index contributed by atoms with van der Waals surface area (Å²) in [5.41, 5.74) is 0. The lowest BCUT2D eigenvalue weighted by atomic mass is 10.1. The summed E-state index contributed by atoms with van der Waals surface area (Å²) in [4.78, 5) is 2.62. The fraction of sp³-hybridized carbons (Fsp3) is 1.00. The minimum atomic E-state index is 0.809. The minimum Gasteiger partial charge on any atom is -0.310 e. The molecule has 0 aromatic rings. The van der Waals surface area contributed by atoms with Crippen molar-refractivity contribution >= 4 is 0 Å². The Balaban J connectivity index is 0.000000461. The molecular weight excluding hydrogens is 172 g/mol.